The summed E-state index contributed by atoms with van der Waals surface area (Å²) in [5, 5.41) is 4.39. The lowest BCUT2D eigenvalue weighted by atomic mass is 10.1. The van der Waals surface area contributed by atoms with Gasteiger partial charge in [-0.25, -0.2) is 0 Å². The van der Waals surface area contributed by atoms with Crippen molar-refractivity contribution >= 4 is 34.0 Å². The van der Waals surface area contributed by atoms with Gasteiger partial charge in [-0.1, -0.05) is 61.4 Å². The maximum absolute atomic E-state index is 5.96. The van der Waals surface area contributed by atoms with Crippen molar-refractivity contribution in [2.75, 3.05) is 6.61 Å². The van der Waals surface area contributed by atoms with Crippen molar-refractivity contribution in [3.8, 4) is 36.4 Å². The monoisotopic (exact) mass is 500 g/mol. The predicted octanol–water partition coefficient (Wildman–Crippen LogP) is 10.1. The number of ether oxygens (including phenoxy) is 1. The number of benzene rings is 2. The Morgan fingerprint density at radius 3 is 2.18 bits per heavy atom. The molecule has 172 valence electrons. The Labute approximate surface area is 214 Å². The van der Waals surface area contributed by atoms with Crippen molar-refractivity contribution in [1.82, 2.24) is 0 Å². The van der Waals surface area contributed by atoms with Crippen molar-refractivity contribution in [2.45, 2.75) is 32.1 Å². The van der Waals surface area contributed by atoms with Crippen LogP contribution in [0.3, 0.4) is 0 Å². The summed E-state index contributed by atoms with van der Waals surface area (Å²) in [4.78, 5) is 5.60. The molecule has 5 aromatic rings. The third-order valence-corrected chi connectivity index (χ3v) is 9.20. The van der Waals surface area contributed by atoms with Crippen LogP contribution in [-0.2, 0) is 6.42 Å². The summed E-state index contributed by atoms with van der Waals surface area (Å²) in [6.07, 6.45) is 5.96. The van der Waals surface area contributed by atoms with Crippen LogP contribution in [0.1, 0.15) is 31.2 Å². The third-order valence-electron chi connectivity index (χ3n) is 5.91. The van der Waals surface area contributed by atoms with Gasteiger partial charge in [0.25, 0.3) is 0 Å². The number of thiophene rings is 3. The van der Waals surface area contributed by atoms with Crippen molar-refractivity contribution < 1.29 is 4.74 Å². The Bertz CT molecular complexity index is 1260. The summed E-state index contributed by atoms with van der Waals surface area (Å²) in [5.74, 6) is 0.959. The number of hydrogen-bond acceptors (Lipinski definition) is 4. The average molecular weight is 501 g/mol. The lowest BCUT2D eigenvalue weighted by Crippen LogP contribution is -1.97. The number of rotatable bonds is 11. The lowest BCUT2D eigenvalue weighted by molar-refractivity contribution is 0.304. The molecule has 0 aliphatic carbocycles. The van der Waals surface area contributed by atoms with Crippen LogP contribution in [0.25, 0.3) is 30.6 Å². The Morgan fingerprint density at radius 1 is 0.559 bits per heavy atom. The molecular formula is C30H28OS3. The van der Waals surface area contributed by atoms with Gasteiger partial charge in [0.15, 0.2) is 0 Å². The van der Waals surface area contributed by atoms with Crippen LogP contribution in [0, 0.1) is 0 Å². The van der Waals surface area contributed by atoms with Crippen LogP contribution in [0.4, 0.5) is 0 Å². The molecule has 3 aromatic heterocycles. The van der Waals surface area contributed by atoms with E-state index in [4.69, 9.17) is 4.74 Å². The van der Waals surface area contributed by atoms with E-state index in [0.29, 0.717) is 0 Å². The van der Waals surface area contributed by atoms with E-state index in [-0.39, 0.29) is 0 Å². The largest absolute Gasteiger partial charge is 0.494 e. The molecular weight excluding hydrogens is 473 g/mol. The zero-order chi connectivity index (χ0) is 23.0. The minimum atomic E-state index is 0.787. The average Bonchev–Trinajstić information content (AvgIpc) is 3.66. The normalized spacial score (nSPS) is 11.1. The molecule has 0 fully saturated rings. The van der Waals surface area contributed by atoms with E-state index in [1.54, 1.807) is 0 Å². The first-order valence-electron chi connectivity index (χ1n) is 11.9. The van der Waals surface area contributed by atoms with Crippen molar-refractivity contribution in [3.63, 3.8) is 0 Å². The van der Waals surface area contributed by atoms with Gasteiger partial charge in [0.2, 0.25) is 0 Å². The fourth-order valence-corrected chi connectivity index (χ4v) is 7.05. The van der Waals surface area contributed by atoms with E-state index in [2.05, 4.69) is 89.6 Å². The molecule has 0 N–H and O–H groups in total. The molecule has 0 radical (unpaired) electrons. The molecule has 34 heavy (non-hydrogen) atoms. The van der Waals surface area contributed by atoms with Crippen LogP contribution >= 0.6 is 34.0 Å². The van der Waals surface area contributed by atoms with Crippen LogP contribution in [0.15, 0.2) is 95.7 Å². The smallest absolute Gasteiger partial charge is 0.119 e. The zero-order valence-corrected chi connectivity index (χ0v) is 21.6. The quantitative estimate of drug-likeness (QED) is 0.164. The van der Waals surface area contributed by atoms with Gasteiger partial charge in [-0.3, -0.25) is 0 Å². The molecule has 0 aliphatic heterocycles. The summed E-state index contributed by atoms with van der Waals surface area (Å²) in [5.41, 5.74) is 3.97. The molecule has 0 spiro atoms. The van der Waals surface area contributed by atoms with E-state index < -0.39 is 0 Å². The van der Waals surface area contributed by atoms with Gasteiger partial charge in [0.05, 0.1) is 6.61 Å². The second kappa shape index (κ2) is 11.7. The van der Waals surface area contributed by atoms with Gasteiger partial charge in [0.1, 0.15) is 5.75 Å². The molecule has 0 atom stereocenters. The fraction of sp³-hybridized carbons (Fsp3) is 0.200. The van der Waals surface area contributed by atoms with Gasteiger partial charge in [-0.05, 0) is 83.1 Å². The van der Waals surface area contributed by atoms with Gasteiger partial charge >= 0.3 is 0 Å². The highest BCUT2D eigenvalue weighted by Gasteiger charge is 2.11. The first kappa shape index (κ1) is 23.1. The summed E-state index contributed by atoms with van der Waals surface area (Å²) in [6, 6.07) is 30.1. The van der Waals surface area contributed by atoms with Gasteiger partial charge in [0, 0.05) is 19.5 Å². The van der Waals surface area contributed by atoms with Crippen molar-refractivity contribution in [3.05, 3.63) is 101 Å². The minimum Gasteiger partial charge on any atom is -0.494 e. The molecule has 0 bridgehead atoms. The summed E-state index contributed by atoms with van der Waals surface area (Å²) < 4.78 is 5.96. The first-order chi connectivity index (χ1) is 16.9. The maximum Gasteiger partial charge on any atom is 0.119 e. The lowest BCUT2D eigenvalue weighted by Gasteiger charge is -2.08. The summed E-state index contributed by atoms with van der Waals surface area (Å²) in [6.45, 7) is 0.787. The van der Waals surface area contributed by atoms with Crippen LogP contribution in [0.5, 0.6) is 5.75 Å². The highest BCUT2D eigenvalue weighted by Crippen LogP contribution is 2.40. The van der Waals surface area contributed by atoms with E-state index in [1.807, 2.05) is 40.1 Å². The fourth-order valence-electron chi connectivity index (χ4n) is 4.10. The number of hydrogen-bond donors (Lipinski definition) is 0. The van der Waals surface area contributed by atoms with E-state index in [1.165, 1.54) is 55.5 Å². The van der Waals surface area contributed by atoms with Crippen molar-refractivity contribution in [1.29, 1.82) is 0 Å². The highest BCUT2D eigenvalue weighted by atomic mass is 32.1. The van der Waals surface area contributed by atoms with Crippen molar-refractivity contribution in [2.24, 2.45) is 0 Å². The standard InChI is InChI=1S/C30H28OS3/c1(2-7-20-31-26-15-13-24(14-16-26)23-9-5-3-6-10-23)4-11-25-19-22-33-30(25)29-18-17-28(34-29)27-12-8-21-32-27/h3,5-6,8-10,12-19,21-22H,1-2,4,7,11,20H2. The first-order valence-corrected chi connectivity index (χ1v) is 14.4. The van der Waals surface area contributed by atoms with Crippen LogP contribution in [0.2, 0.25) is 0 Å². The minimum absolute atomic E-state index is 0.787. The van der Waals surface area contributed by atoms with Crippen LogP contribution in [-0.4, -0.2) is 6.61 Å². The van der Waals surface area contributed by atoms with Crippen LogP contribution < -0.4 is 4.74 Å². The second-order valence-corrected chi connectivity index (χ2v) is 11.3. The maximum atomic E-state index is 5.96. The van der Waals surface area contributed by atoms with Gasteiger partial charge in [-0.15, -0.1) is 34.0 Å². The highest BCUT2D eigenvalue weighted by molar-refractivity contribution is 7.25. The third kappa shape index (κ3) is 5.87. The van der Waals surface area contributed by atoms with E-state index >= 15 is 0 Å². The molecule has 3 heterocycles. The summed E-state index contributed by atoms with van der Waals surface area (Å²) >= 11 is 5.61. The molecule has 0 amide bonds. The van der Waals surface area contributed by atoms with E-state index in [0.717, 1.165) is 25.2 Å². The van der Waals surface area contributed by atoms with E-state index in [9.17, 15) is 0 Å². The molecule has 1 nitrogen and oxygen atoms in total. The summed E-state index contributed by atoms with van der Waals surface area (Å²) in [7, 11) is 0. The van der Waals surface area contributed by atoms with Gasteiger partial charge in [-0.2, -0.15) is 0 Å². The number of aryl methyl sites for hydroxylation is 1. The topological polar surface area (TPSA) is 9.23 Å². The molecule has 5 rings (SSSR count). The Hall–Kier alpha value is -2.66. The molecule has 0 unspecified atom stereocenters. The number of unbranched alkanes of at least 4 members (excludes halogenated alkanes) is 3. The zero-order valence-electron chi connectivity index (χ0n) is 19.1. The molecule has 4 heteroatoms. The Morgan fingerprint density at radius 2 is 1.35 bits per heavy atom. The Balaban J connectivity index is 1.03. The molecule has 2 aromatic carbocycles. The molecule has 0 aliphatic rings. The molecule has 0 saturated carbocycles. The molecule has 0 saturated heterocycles. The Kier molecular flexibility index (Phi) is 7.92. The van der Waals surface area contributed by atoms with Gasteiger partial charge < -0.3 is 4.74 Å². The second-order valence-electron chi connectivity index (χ2n) is 8.32. The SMILES string of the molecule is c1ccc(-c2ccc(OCCCCCCc3ccsc3-c3ccc(-c4cccs4)s3)cc2)cc1. The predicted molar refractivity (Wildman–Crippen MR) is 150 cm³/mol.